The van der Waals surface area contributed by atoms with Crippen LogP contribution in [0.1, 0.15) is 39.7 Å². The van der Waals surface area contributed by atoms with E-state index in [1.807, 2.05) is 0 Å². The number of nitrogens with one attached hydrogen (secondary N) is 2. The predicted molar refractivity (Wildman–Crippen MR) is 115 cm³/mol. The van der Waals surface area contributed by atoms with Gasteiger partial charge in [0.1, 0.15) is 20.9 Å². The first kappa shape index (κ1) is 22.0. The number of aromatic nitrogens is 4. The third-order valence-electron chi connectivity index (χ3n) is 4.56. The lowest BCUT2D eigenvalue weighted by atomic mass is 10.2. The molecule has 4 aromatic rings. The molecule has 4 rings (SSSR count). The van der Waals surface area contributed by atoms with Gasteiger partial charge >= 0.3 is 6.18 Å². The SMILES string of the molecule is Cc1nc2cnc(C(=O)NC(C)c3ncc(Nc4ccc(C(F)(F)F)cc4)s3)cn2c1Cl. The Hall–Kier alpha value is -3.18. The molecule has 0 aliphatic rings. The van der Waals surface area contributed by atoms with Gasteiger partial charge in [-0.1, -0.05) is 22.9 Å². The molecule has 32 heavy (non-hydrogen) atoms. The normalized spacial score (nSPS) is 12.7. The summed E-state index contributed by atoms with van der Waals surface area (Å²) in [5.41, 5.74) is 1.12. The number of fused-ring (bicyclic) bond motifs is 1. The molecule has 0 saturated heterocycles. The van der Waals surface area contributed by atoms with Gasteiger partial charge in [0.2, 0.25) is 0 Å². The Morgan fingerprint density at radius 1 is 1.19 bits per heavy atom. The van der Waals surface area contributed by atoms with Crippen molar-refractivity contribution in [2.45, 2.75) is 26.1 Å². The number of thiazole rings is 1. The second-order valence-corrected chi connectivity index (χ2v) is 8.37. The fourth-order valence-electron chi connectivity index (χ4n) is 2.92. The number of anilines is 2. The molecule has 0 bridgehead atoms. The summed E-state index contributed by atoms with van der Waals surface area (Å²) in [5, 5.41) is 7.48. The summed E-state index contributed by atoms with van der Waals surface area (Å²) in [7, 11) is 0. The number of carbonyl (C=O) groups is 1. The number of carbonyl (C=O) groups excluding carboxylic acids is 1. The van der Waals surface area contributed by atoms with E-state index in [-0.39, 0.29) is 5.69 Å². The molecule has 12 heteroatoms. The largest absolute Gasteiger partial charge is 0.416 e. The van der Waals surface area contributed by atoms with Crippen LogP contribution in [0.3, 0.4) is 0 Å². The predicted octanol–water partition coefficient (Wildman–Crippen LogP) is 5.40. The molecule has 0 aliphatic carbocycles. The van der Waals surface area contributed by atoms with Gasteiger partial charge in [0.25, 0.3) is 5.91 Å². The van der Waals surface area contributed by atoms with E-state index in [0.29, 0.717) is 32.2 Å². The molecular weight excluding hydrogens is 465 g/mol. The number of benzene rings is 1. The average molecular weight is 481 g/mol. The number of halogens is 4. The number of rotatable bonds is 5. The molecule has 1 amide bonds. The van der Waals surface area contributed by atoms with E-state index >= 15 is 0 Å². The van der Waals surface area contributed by atoms with Gasteiger partial charge < -0.3 is 10.6 Å². The number of alkyl halides is 3. The molecule has 7 nitrogen and oxygen atoms in total. The highest BCUT2D eigenvalue weighted by atomic mass is 35.5. The zero-order chi connectivity index (χ0) is 23.0. The topological polar surface area (TPSA) is 84.2 Å². The van der Waals surface area contributed by atoms with Crippen molar-refractivity contribution in [1.29, 1.82) is 0 Å². The van der Waals surface area contributed by atoms with E-state index in [1.54, 1.807) is 24.4 Å². The summed E-state index contributed by atoms with van der Waals surface area (Å²) in [6.45, 7) is 3.53. The third-order valence-corrected chi connectivity index (χ3v) is 6.11. The maximum Gasteiger partial charge on any atom is 0.416 e. The first-order chi connectivity index (χ1) is 15.1. The smallest absolute Gasteiger partial charge is 0.346 e. The summed E-state index contributed by atoms with van der Waals surface area (Å²) in [6, 6.07) is 4.28. The summed E-state index contributed by atoms with van der Waals surface area (Å²) in [5.74, 6) is -0.408. The van der Waals surface area contributed by atoms with Crippen LogP contribution in [0, 0.1) is 6.92 Å². The molecule has 3 aromatic heterocycles. The first-order valence-electron chi connectivity index (χ1n) is 9.33. The second-order valence-electron chi connectivity index (χ2n) is 6.95. The molecule has 0 radical (unpaired) electrons. The van der Waals surface area contributed by atoms with Crippen LogP contribution < -0.4 is 10.6 Å². The monoisotopic (exact) mass is 480 g/mol. The van der Waals surface area contributed by atoms with Crippen LogP contribution in [-0.4, -0.2) is 25.3 Å². The summed E-state index contributed by atoms with van der Waals surface area (Å²) < 4.78 is 39.6. The standard InChI is InChI=1S/C20H16ClF3N6OS/c1-10-17(21)30-9-14(25-7-15(30)27-10)18(31)28-11(2)19-26-8-16(32-19)29-13-5-3-12(4-6-13)20(22,23)24/h3-9,11,29H,1-2H3,(H,28,31). The molecule has 2 N–H and O–H groups in total. The van der Waals surface area contributed by atoms with Crippen molar-refractivity contribution in [3.63, 3.8) is 0 Å². The number of hydrogen-bond acceptors (Lipinski definition) is 6. The van der Waals surface area contributed by atoms with Gasteiger partial charge in [-0.05, 0) is 38.1 Å². The zero-order valence-corrected chi connectivity index (χ0v) is 18.3. The second kappa shape index (κ2) is 8.40. The molecule has 1 unspecified atom stereocenters. The minimum atomic E-state index is -4.38. The van der Waals surface area contributed by atoms with Crippen LogP contribution in [0.15, 0.2) is 42.9 Å². The van der Waals surface area contributed by atoms with Crippen molar-refractivity contribution in [2.75, 3.05) is 5.32 Å². The van der Waals surface area contributed by atoms with Crippen molar-refractivity contribution in [1.82, 2.24) is 24.7 Å². The molecule has 1 aromatic carbocycles. The lowest BCUT2D eigenvalue weighted by Crippen LogP contribution is -2.27. The number of nitrogens with zero attached hydrogens (tertiary/aromatic N) is 4. The fraction of sp³-hybridized carbons (Fsp3) is 0.200. The summed E-state index contributed by atoms with van der Waals surface area (Å²) in [4.78, 5) is 25.3. The Labute approximate surface area is 189 Å². The number of hydrogen-bond donors (Lipinski definition) is 2. The molecule has 0 saturated carbocycles. The van der Waals surface area contributed by atoms with Crippen molar-refractivity contribution < 1.29 is 18.0 Å². The molecule has 1 atom stereocenters. The number of imidazole rings is 1. The zero-order valence-electron chi connectivity index (χ0n) is 16.7. The van der Waals surface area contributed by atoms with E-state index in [1.165, 1.54) is 35.9 Å². The quantitative estimate of drug-likeness (QED) is 0.399. The first-order valence-corrected chi connectivity index (χ1v) is 10.5. The fourth-order valence-corrected chi connectivity index (χ4v) is 3.94. The Morgan fingerprint density at radius 3 is 2.59 bits per heavy atom. The van der Waals surface area contributed by atoms with Crippen molar-refractivity contribution in [3.8, 4) is 0 Å². The van der Waals surface area contributed by atoms with Gasteiger partial charge in [0.15, 0.2) is 5.65 Å². The van der Waals surface area contributed by atoms with Crippen LogP contribution in [-0.2, 0) is 6.18 Å². The van der Waals surface area contributed by atoms with Crippen molar-refractivity contribution in [2.24, 2.45) is 0 Å². The molecule has 166 valence electrons. The van der Waals surface area contributed by atoms with Gasteiger partial charge in [-0.25, -0.2) is 15.0 Å². The Balaban J connectivity index is 1.43. The molecular formula is C20H16ClF3N6OS. The molecule has 3 heterocycles. The lowest BCUT2D eigenvalue weighted by molar-refractivity contribution is -0.137. The van der Waals surface area contributed by atoms with Gasteiger partial charge in [-0.2, -0.15) is 13.2 Å². The van der Waals surface area contributed by atoms with E-state index in [4.69, 9.17) is 11.6 Å². The van der Waals surface area contributed by atoms with Gasteiger partial charge in [-0.3, -0.25) is 9.20 Å². The maximum absolute atomic E-state index is 12.7. The van der Waals surface area contributed by atoms with Crippen molar-refractivity contribution >= 4 is 45.2 Å². The Kier molecular flexibility index (Phi) is 5.78. The Morgan fingerprint density at radius 2 is 1.91 bits per heavy atom. The van der Waals surface area contributed by atoms with E-state index in [9.17, 15) is 18.0 Å². The Bertz CT molecular complexity index is 1280. The van der Waals surface area contributed by atoms with Crippen LogP contribution in [0.5, 0.6) is 0 Å². The van der Waals surface area contributed by atoms with Crippen LogP contribution in [0.2, 0.25) is 5.15 Å². The van der Waals surface area contributed by atoms with Gasteiger partial charge in [0.05, 0.1) is 29.7 Å². The van der Waals surface area contributed by atoms with Gasteiger partial charge in [-0.15, -0.1) is 0 Å². The summed E-state index contributed by atoms with van der Waals surface area (Å²) >= 11 is 7.47. The number of amides is 1. The minimum absolute atomic E-state index is 0.170. The number of aryl methyl sites for hydroxylation is 1. The molecule has 0 fully saturated rings. The maximum atomic E-state index is 12.7. The highest BCUT2D eigenvalue weighted by Crippen LogP contribution is 2.31. The summed E-state index contributed by atoms with van der Waals surface area (Å²) in [6.07, 6.45) is 0.150. The van der Waals surface area contributed by atoms with Crippen molar-refractivity contribution in [3.05, 3.63) is 70.0 Å². The lowest BCUT2D eigenvalue weighted by Gasteiger charge is -2.11. The van der Waals surface area contributed by atoms with E-state index in [0.717, 1.165) is 12.1 Å². The van der Waals surface area contributed by atoms with Crippen LogP contribution >= 0.6 is 22.9 Å². The highest BCUT2D eigenvalue weighted by molar-refractivity contribution is 7.15. The van der Waals surface area contributed by atoms with Gasteiger partial charge in [0, 0.05) is 11.9 Å². The minimum Gasteiger partial charge on any atom is -0.346 e. The molecule has 0 spiro atoms. The van der Waals surface area contributed by atoms with Crippen LogP contribution in [0.25, 0.3) is 5.65 Å². The third kappa shape index (κ3) is 4.53. The average Bonchev–Trinajstić information content (AvgIpc) is 3.32. The van der Waals surface area contributed by atoms with E-state index < -0.39 is 23.7 Å². The van der Waals surface area contributed by atoms with E-state index in [2.05, 4.69) is 25.6 Å². The molecule has 0 aliphatic heterocycles. The highest BCUT2D eigenvalue weighted by Gasteiger charge is 2.30. The van der Waals surface area contributed by atoms with Crippen LogP contribution in [0.4, 0.5) is 23.9 Å².